The van der Waals surface area contributed by atoms with Gasteiger partial charge in [0.1, 0.15) is 0 Å². The smallest absolute Gasteiger partial charge is 0.305 e. The predicted octanol–water partition coefficient (Wildman–Crippen LogP) is 1.45. The summed E-state index contributed by atoms with van der Waals surface area (Å²) in [7, 11) is 0. The van der Waals surface area contributed by atoms with Crippen molar-refractivity contribution in [2.75, 3.05) is 0 Å². The summed E-state index contributed by atoms with van der Waals surface area (Å²) in [6.45, 7) is 7.11. The molecule has 0 saturated heterocycles. The summed E-state index contributed by atoms with van der Waals surface area (Å²) in [6, 6.07) is 0.231. The van der Waals surface area contributed by atoms with Gasteiger partial charge in [0.15, 0.2) is 0 Å². The fraction of sp³-hybridized carbons (Fsp3) is 0.857. The van der Waals surface area contributed by atoms with Crippen molar-refractivity contribution in [2.24, 2.45) is 22.1 Å². The molecule has 0 atom stereocenters. The molecule has 72 valence electrons. The van der Waals surface area contributed by atoms with Crippen LogP contribution < -0.4 is 5.84 Å². The fourth-order valence-corrected chi connectivity index (χ4v) is 0.133. The highest BCUT2D eigenvalue weighted by atomic mass is 16.4. The normalized spacial score (nSPS) is 10.2. The van der Waals surface area contributed by atoms with Gasteiger partial charge in [-0.2, -0.15) is 5.11 Å². The number of nitrogens with two attached hydrogens (primary N) is 1. The second kappa shape index (κ2) is 7.97. The molecule has 0 saturated carbocycles. The number of carboxylic acids is 1. The van der Waals surface area contributed by atoms with E-state index < -0.39 is 5.97 Å². The molecule has 0 aromatic carbocycles. The first-order valence-electron chi connectivity index (χ1n) is 3.74. The number of hydrogen-bond donors (Lipinski definition) is 2. The molecule has 0 fully saturated rings. The highest BCUT2D eigenvalue weighted by Crippen LogP contribution is 1.87. The first-order chi connectivity index (χ1) is 5.41. The standard InChI is InChI=1S/C4H8O2.C3H9N3/c1-3(2)4(5)6;1-3(2)5-6-4/h3H,1-2H3,(H,5,6);3H,1-2H3,(H2,4,5). The van der Waals surface area contributed by atoms with Crippen molar-refractivity contribution in [1.82, 2.24) is 0 Å². The van der Waals surface area contributed by atoms with Gasteiger partial charge in [0.2, 0.25) is 0 Å². The van der Waals surface area contributed by atoms with Crippen LogP contribution in [0.2, 0.25) is 0 Å². The maximum Gasteiger partial charge on any atom is 0.305 e. The minimum atomic E-state index is -0.741. The second-order valence-electron chi connectivity index (χ2n) is 2.82. The molecule has 5 heteroatoms. The number of carbonyl (C=O) groups is 1. The summed E-state index contributed by atoms with van der Waals surface area (Å²) < 4.78 is 0. The van der Waals surface area contributed by atoms with Gasteiger partial charge in [-0.25, -0.2) is 0 Å². The highest BCUT2D eigenvalue weighted by Gasteiger charge is 1.99. The third-order valence-corrected chi connectivity index (χ3v) is 0.792. The van der Waals surface area contributed by atoms with Gasteiger partial charge in [0.05, 0.1) is 12.0 Å². The highest BCUT2D eigenvalue weighted by molar-refractivity contribution is 5.68. The molecule has 0 unspecified atom stereocenters. The lowest BCUT2D eigenvalue weighted by atomic mass is 10.2. The average molecular weight is 175 g/mol. The SMILES string of the molecule is CC(C)/N=N\N.CC(C)C(=O)O. The van der Waals surface area contributed by atoms with Crippen LogP contribution in [0.25, 0.3) is 0 Å². The van der Waals surface area contributed by atoms with Crippen LogP contribution >= 0.6 is 0 Å². The van der Waals surface area contributed by atoms with Crippen molar-refractivity contribution in [3.63, 3.8) is 0 Å². The van der Waals surface area contributed by atoms with Gasteiger partial charge in [-0.05, 0) is 13.8 Å². The molecule has 0 aliphatic rings. The monoisotopic (exact) mass is 175 g/mol. The van der Waals surface area contributed by atoms with E-state index in [1.165, 1.54) is 0 Å². The molecular formula is C7H17N3O2. The molecule has 0 radical (unpaired) electrons. The zero-order valence-corrected chi connectivity index (χ0v) is 7.98. The Morgan fingerprint density at radius 2 is 1.67 bits per heavy atom. The van der Waals surface area contributed by atoms with Gasteiger partial charge in [-0.1, -0.05) is 19.1 Å². The van der Waals surface area contributed by atoms with Crippen LogP contribution in [0.5, 0.6) is 0 Å². The van der Waals surface area contributed by atoms with Gasteiger partial charge < -0.3 is 10.9 Å². The minimum absolute atomic E-state index is 0.231. The summed E-state index contributed by atoms with van der Waals surface area (Å²) in [5.41, 5.74) is 0. The van der Waals surface area contributed by atoms with E-state index in [2.05, 4.69) is 16.2 Å². The lowest BCUT2D eigenvalue weighted by molar-refractivity contribution is -0.140. The Labute approximate surface area is 72.6 Å². The van der Waals surface area contributed by atoms with E-state index in [9.17, 15) is 4.79 Å². The van der Waals surface area contributed by atoms with Crippen LogP contribution in [0.15, 0.2) is 10.3 Å². The molecule has 0 aromatic rings. The Morgan fingerprint density at radius 1 is 1.33 bits per heavy atom. The molecular weight excluding hydrogens is 158 g/mol. The molecule has 0 aliphatic heterocycles. The molecule has 0 bridgehead atoms. The van der Waals surface area contributed by atoms with Crippen molar-refractivity contribution in [2.45, 2.75) is 33.7 Å². The lowest BCUT2D eigenvalue weighted by Crippen LogP contribution is -2.03. The van der Waals surface area contributed by atoms with E-state index in [-0.39, 0.29) is 12.0 Å². The van der Waals surface area contributed by atoms with E-state index in [0.717, 1.165) is 0 Å². The third-order valence-electron chi connectivity index (χ3n) is 0.792. The largest absolute Gasteiger partial charge is 0.481 e. The van der Waals surface area contributed by atoms with Crippen molar-refractivity contribution in [3.05, 3.63) is 0 Å². The Hall–Kier alpha value is -1.13. The van der Waals surface area contributed by atoms with Gasteiger partial charge in [-0.15, -0.1) is 0 Å². The van der Waals surface area contributed by atoms with Gasteiger partial charge in [0, 0.05) is 0 Å². The number of nitrogens with zero attached hydrogens (tertiary/aromatic N) is 2. The zero-order chi connectivity index (χ0) is 10.1. The lowest BCUT2D eigenvalue weighted by Gasteiger charge is -1.89. The summed E-state index contributed by atoms with van der Waals surface area (Å²) in [5, 5.41) is 14.6. The van der Waals surface area contributed by atoms with E-state index >= 15 is 0 Å². The zero-order valence-electron chi connectivity index (χ0n) is 7.98. The Morgan fingerprint density at radius 3 is 1.67 bits per heavy atom. The molecule has 0 spiro atoms. The molecule has 12 heavy (non-hydrogen) atoms. The second-order valence-corrected chi connectivity index (χ2v) is 2.82. The van der Waals surface area contributed by atoms with E-state index in [1.807, 2.05) is 13.8 Å². The Bertz CT molecular complexity index is 144. The first-order valence-corrected chi connectivity index (χ1v) is 3.74. The Kier molecular flexibility index (Phi) is 8.94. The van der Waals surface area contributed by atoms with Crippen LogP contribution in [0.1, 0.15) is 27.7 Å². The summed E-state index contributed by atoms with van der Waals surface area (Å²) in [6.07, 6.45) is 0. The molecule has 5 nitrogen and oxygen atoms in total. The van der Waals surface area contributed by atoms with Crippen LogP contribution in [-0.2, 0) is 4.79 Å². The summed E-state index contributed by atoms with van der Waals surface area (Å²) >= 11 is 0. The van der Waals surface area contributed by atoms with Crippen LogP contribution in [0, 0.1) is 5.92 Å². The number of rotatable bonds is 2. The molecule has 0 aliphatic carbocycles. The van der Waals surface area contributed by atoms with Gasteiger partial charge in [-0.3, -0.25) is 4.79 Å². The summed E-state index contributed by atoms with van der Waals surface area (Å²) in [4.78, 5) is 9.70. The van der Waals surface area contributed by atoms with Crippen LogP contribution in [0.3, 0.4) is 0 Å². The molecule has 0 heterocycles. The minimum Gasteiger partial charge on any atom is -0.481 e. The first kappa shape index (κ1) is 13.5. The van der Waals surface area contributed by atoms with Crippen molar-refractivity contribution >= 4 is 5.97 Å². The molecule has 0 amide bonds. The molecule has 3 N–H and O–H groups in total. The van der Waals surface area contributed by atoms with E-state index in [4.69, 9.17) is 5.11 Å². The van der Waals surface area contributed by atoms with Crippen LogP contribution in [0.4, 0.5) is 0 Å². The third kappa shape index (κ3) is 15.9. The topological polar surface area (TPSA) is 88.0 Å². The number of hydrogen-bond acceptors (Lipinski definition) is 3. The predicted molar refractivity (Wildman–Crippen MR) is 46.7 cm³/mol. The Balaban J connectivity index is 0. The number of aliphatic carboxylic acids is 1. The van der Waals surface area contributed by atoms with Crippen molar-refractivity contribution < 1.29 is 9.90 Å². The van der Waals surface area contributed by atoms with Crippen molar-refractivity contribution in [3.8, 4) is 0 Å². The fourth-order valence-electron chi connectivity index (χ4n) is 0.133. The molecule has 0 rings (SSSR count). The van der Waals surface area contributed by atoms with Gasteiger partial charge >= 0.3 is 5.97 Å². The van der Waals surface area contributed by atoms with Gasteiger partial charge in [0.25, 0.3) is 0 Å². The quantitative estimate of drug-likeness (QED) is 0.378. The maximum atomic E-state index is 9.70. The van der Waals surface area contributed by atoms with Crippen molar-refractivity contribution in [1.29, 1.82) is 0 Å². The van der Waals surface area contributed by atoms with E-state index in [0.29, 0.717) is 0 Å². The maximum absolute atomic E-state index is 9.70. The average Bonchev–Trinajstić information content (AvgIpc) is 1.87. The van der Waals surface area contributed by atoms with Crippen LogP contribution in [-0.4, -0.2) is 17.1 Å². The number of carboxylic acid groups (broad SMARTS) is 1. The van der Waals surface area contributed by atoms with E-state index in [1.54, 1.807) is 13.8 Å². The molecule has 0 aromatic heterocycles. The summed E-state index contributed by atoms with van der Waals surface area (Å²) in [5.74, 6) is 3.72.